The topological polar surface area (TPSA) is 155 Å². The van der Waals surface area contributed by atoms with Gasteiger partial charge in [0.2, 0.25) is 5.91 Å². The normalized spacial score (nSPS) is 34.9. The minimum atomic E-state index is -2.71. The number of fused-ring (bicyclic) bond motifs is 3. The molecule has 4 N–H and O–H groups in total. The highest BCUT2D eigenvalue weighted by molar-refractivity contribution is 6.33. The number of ketones is 4. The number of nitrogens with zero attached hydrogens (tertiary/aromatic N) is 1. The van der Waals surface area contributed by atoms with Crippen LogP contribution in [0.3, 0.4) is 0 Å². The number of primary amides is 1. The van der Waals surface area contributed by atoms with Crippen LogP contribution in [-0.4, -0.2) is 69.9 Å². The van der Waals surface area contributed by atoms with Crippen molar-refractivity contribution in [2.24, 2.45) is 29.4 Å². The van der Waals surface area contributed by atoms with Gasteiger partial charge in [-0.2, -0.15) is 0 Å². The number of carbonyl (C=O) groups is 5. The number of likely N-dealkylation sites (N-methyl/N-ethyl adjacent to an activating group) is 1. The molecule has 4 unspecified atom stereocenters. The SMILES string of the molecule is CN(C)[C@@H]1C(=O)C(C(N)=O)C(=O)[C@@]2(O)C(=O)C3C(=O)c4c(O)cc(Cl)cc4CC3CC12. The van der Waals surface area contributed by atoms with Crippen molar-refractivity contribution in [2.75, 3.05) is 14.1 Å². The quantitative estimate of drug-likeness (QED) is 0.512. The average Bonchev–Trinajstić information content (AvgIpc) is 2.63. The van der Waals surface area contributed by atoms with Crippen LogP contribution in [0.1, 0.15) is 22.3 Å². The molecule has 31 heavy (non-hydrogen) atoms. The maximum absolute atomic E-state index is 13.5. The summed E-state index contributed by atoms with van der Waals surface area (Å²) < 4.78 is 0. The first-order chi connectivity index (χ1) is 14.4. The molecule has 0 aromatic heterocycles. The fraction of sp³-hybridized carbons (Fsp3) is 0.476. The standard InChI is InChI=1S/C21H21ClN2O7/c1-24(2)15-10-5-8-3-7-4-9(22)6-11(25)12(7)16(26)13(8)18(28)21(10,31)19(29)14(17(15)27)20(23)30/h4,6,8,10,13-15,25,31H,3,5H2,1-2H3,(H2,23,30)/t8?,10?,13?,14?,15-,21-/m0/s1. The zero-order valence-electron chi connectivity index (χ0n) is 16.8. The van der Waals surface area contributed by atoms with E-state index in [9.17, 15) is 34.2 Å². The van der Waals surface area contributed by atoms with Crippen LogP contribution in [0.4, 0.5) is 0 Å². The minimum Gasteiger partial charge on any atom is -0.507 e. The summed E-state index contributed by atoms with van der Waals surface area (Å²) in [6, 6.07) is 1.59. The van der Waals surface area contributed by atoms with Crippen LogP contribution in [0.25, 0.3) is 0 Å². The zero-order valence-corrected chi connectivity index (χ0v) is 17.5. The van der Waals surface area contributed by atoms with E-state index in [1.165, 1.54) is 31.1 Å². The van der Waals surface area contributed by atoms with Crippen LogP contribution in [-0.2, 0) is 25.6 Å². The molecule has 3 aliphatic rings. The Morgan fingerprint density at radius 3 is 2.42 bits per heavy atom. The molecular weight excluding hydrogens is 428 g/mol. The van der Waals surface area contributed by atoms with E-state index < -0.39 is 64.4 Å². The Morgan fingerprint density at radius 2 is 1.84 bits per heavy atom. The molecule has 2 fully saturated rings. The molecule has 9 nitrogen and oxygen atoms in total. The number of phenolic OH excluding ortho intramolecular Hbond substituents is 1. The summed E-state index contributed by atoms with van der Waals surface area (Å²) >= 11 is 6.00. The van der Waals surface area contributed by atoms with Crippen molar-refractivity contribution in [2.45, 2.75) is 24.5 Å². The number of aliphatic hydroxyl groups is 1. The number of aromatic hydroxyl groups is 1. The summed E-state index contributed by atoms with van der Waals surface area (Å²) in [5, 5.41) is 21.8. The predicted molar refractivity (Wildman–Crippen MR) is 106 cm³/mol. The van der Waals surface area contributed by atoms with Gasteiger partial charge < -0.3 is 15.9 Å². The van der Waals surface area contributed by atoms with Crippen LogP contribution in [0.2, 0.25) is 5.02 Å². The molecule has 0 heterocycles. The summed E-state index contributed by atoms with van der Waals surface area (Å²) in [5.41, 5.74) is 2.93. The monoisotopic (exact) mass is 448 g/mol. The third kappa shape index (κ3) is 2.80. The van der Waals surface area contributed by atoms with Crippen molar-refractivity contribution in [3.63, 3.8) is 0 Å². The van der Waals surface area contributed by atoms with E-state index in [-0.39, 0.29) is 29.2 Å². The number of hydrogen-bond donors (Lipinski definition) is 3. The third-order valence-electron chi connectivity index (χ3n) is 6.83. The van der Waals surface area contributed by atoms with Crippen molar-refractivity contribution < 1.29 is 34.2 Å². The summed E-state index contributed by atoms with van der Waals surface area (Å²) in [5.74, 6) is -10.6. The number of amides is 1. The van der Waals surface area contributed by atoms with E-state index >= 15 is 0 Å². The summed E-state index contributed by atoms with van der Waals surface area (Å²) in [6.07, 6.45) is 0.205. The molecule has 0 aliphatic heterocycles. The number of halogens is 1. The lowest BCUT2D eigenvalue weighted by atomic mass is 9.52. The zero-order chi connectivity index (χ0) is 23.0. The van der Waals surface area contributed by atoms with Crippen molar-refractivity contribution >= 4 is 40.6 Å². The van der Waals surface area contributed by atoms with E-state index in [0.717, 1.165) is 0 Å². The molecule has 0 bridgehead atoms. The average molecular weight is 449 g/mol. The van der Waals surface area contributed by atoms with Crippen LogP contribution in [0.15, 0.2) is 12.1 Å². The first kappa shape index (κ1) is 21.6. The summed E-state index contributed by atoms with van der Waals surface area (Å²) in [7, 11) is 3.07. The Morgan fingerprint density at radius 1 is 1.19 bits per heavy atom. The van der Waals surface area contributed by atoms with Gasteiger partial charge in [-0.3, -0.25) is 28.9 Å². The van der Waals surface area contributed by atoms with Gasteiger partial charge in [0.15, 0.2) is 34.7 Å². The summed E-state index contributed by atoms with van der Waals surface area (Å²) in [4.78, 5) is 66.0. The van der Waals surface area contributed by atoms with Gasteiger partial charge >= 0.3 is 0 Å². The van der Waals surface area contributed by atoms with Crippen LogP contribution < -0.4 is 5.73 Å². The van der Waals surface area contributed by atoms with Crippen molar-refractivity contribution in [1.82, 2.24) is 4.90 Å². The van der Waals surface area contributed by atoms with Crippen molar-refractivity contribution in [3.05, 3.63) is 28.3 Å². The molecule has 0 spiro atoms. The van der Waals surface area contributed by atoms with E-state index in [2.05, 4.69) is 0 Å². The number of hydrogen-bond acceptors (Lipinski definition) is 8. The van der Waals surface area contributed by atoms with E-state index in [1.807, 2.05) is 0 Å². The molecule has 2 saturated carbocycles. The lowest BCUT2D eigenvalue weighted by Crippen LogP contribution is -2.74. The van der Waals surface area contributed by atoms with Gasteiger partial charge in [-0.05, 0) is 50.6 Å². The highest BCUT2D eigenvalue weighted by Gasteiger charge is 2.69. The molecule has 3 aliphatic carbocycles. The molecule has 164 valence electrons. The highest BCUT2D eigenvalue weighted by Crippen LogP contribution is 2.50. The minimum absolute atomic E-state index is 0.0111. The van der Waals surface area contributed by atoms with Gasteiger partial charge in [-0.1, -0.05) is 11.6 Å². The largest absolute Gasteiger partial charge is 0.507 e. The molecule has 1 aromatic carbocycles. The lowest BCUT2D eigenvalue weighted by Gasteiger charge is -2.52. The Balaban J connectivity index is 1.87. The molecule has 0 radical (unpaired) electrons. The molecular formula is C21H21ClN2O7. The number of nitrogens with two attached hydrogens (primary N) is 1. The first-order valence-electron chi connectivity index (χ1n) is 9.77. The molecule has 6 atom stereocenters. The Kier molecular flexibility index (Phi) is 4.84. The van der Waals surface area contributed by atoms with E-state index in [0.29, 0.717) is 5.56 Å². The third-order valence-corrected chi connectivity index (χ3v) is 7.05. The Bertz CT molecular complexity index is 1070. The smallest absolute Gasteiger partial charge is 0.235 e. The van der Waals surface area contributed by atoms with Gasteiger partial charge in [0.1, 0.15) is 5.75 Å². The van der Waals surface area contributed by atoms with E-state index in [4.69, 9.17) is 17.3 Å². The molecule has 0 saturated heterocycles. The fourth-order valence-electron chi connectivity index (χ4n) is 5.60. The maximum Gasteiger partial charge on any atom is 0.235 e. The highest BCUT2D eigenvalue weighted by atomic mass is 35.5. The fourth-order valence-corrected chi connectivity index (χ4v) is 5.83. The number of phenols is 1. The van der Waals surface area contributed by atoms with Crippen LogP contribution in [0.5, 0.6) is 5.75 Å². The second kappa shape index (κ2) is 6.94. The number of benzene rings is 1. The van der Waals surface area contributed by atoms with Gasteiger partial charge in [-0.15, -0.1) is 0 Å². The summed E-state index contributed by atoms with van der Waals surface area (Å²) in [6.45, 7) is 0. The lowest BCUT2D eigenvalue weighted by molar-refractivity contribution is -0.181. The van der Waals surface area contributed by atoms with Gasteiger partial charge in [0.25, 0.3) is 0 Å². The molecule has 4 rings (SSSR count). The number of carbonyl (C=O) groups excluding carboxylic acids is 5. The number of rotatable bonds is 2. The molecule has 1 aromatic rings. The van der Waals surface area contributed by atoms with Crippen LogP contribution >= 0.6 is 11.6 Å². The first-order valence-corrected chi connectivity index (χ1v) is 10.1. The molecule has 10 heteroatoms. The number of Topliss-reactive ketones (excluding diaryl/α,β-unsaturated/α-hetero) is 4. The predicted octanol–water partition coefficient (Wildman–Crippen LogP) is -0.480. The van der Waals surface area contributed by atoms with Crippen LogP contribution in [0, 0.1) is 23.7 Å². The van der Waals surface area contributed by atoms with E-state index in [1.54, 1.807) is 0 Å². The van der Waals surface area contributed by atoms with Gasteiger partial charge in [0, 0.05) is 10.9 Å². The van der Waals surface area contributed by atoms with Gasteiger partial charge in [-0.25, -0.2) is 0 Å². The Labute approximate surface area is 182 Å². The van der Waals surface area contributed by atoms with Crippen molar-refractivity contribution in [1.29, 1.82) is 0 Å². The second-order valence-corrected chi connectivity index (χ2v) is 9.18. The maximum atomic E-state index is 13.5. The molecule has 1 amide bonds. The van der Waals surface area contributed by atoms with Gasteiger partial charge in [0.05, 0.1) is 17.5 Å². The Hall–Kier alpha value is -2.62. The van der Waals surface area contributed by atoms with Crippen molar-refractivity contribution in [3.8, 4) is 5.75 Å². The second-order valence-electron chi connectivity index (χ2n) is 8.75.